The molecular formula is C8H5N3O2. The summed E-state index contributed by atoms with van der Waals surface area (Å²) in [6.07, 6.45) is 0.432. The summed E-state index contributed by atoms with van der Waals surface area (Å²) in [4.78, 5) is 10.7. The topological polar surface area (TPSA) is 74.8 Å². The fraction of sp³-hybridized carbons (Fsp3) is 0. The zero-order valence-corrected chi connectivity index (χ0v) is 6.54. The van der Waals surface area contributed by atoms with Crippen molar-refractivity contribution in [2.45, 2.75) is 0 Å². The van der Waals surface area contributed by atoms with E-state index in [2.05, 4.69) is 15.0 Å². The summed E-state index contributed by atoms with van der Waals surface area (Å²) in [5.74, 6) is 0.365. The molecule has 0 saturated heterocycles. The van der Waals surface area contributed by atoms with Crippen LogP contribution in [0.4, 0.5) is 4.79 Å². The van der Waals surface area contributed by atoms with E-state index >= 15 is 0 Å². The minimum Gasteiger partial charge on any atom is -0.408 e. The maximum atomic E-state index is 10.7. The van der Waals surface area contributed by atoms with Crippen molar-refractivity contribution in [3.8, 4) is 11.9 Å². The van der Waals surface area contributed by atoms with Crippen LogP contribution in [0.15, 0.2) is 40.6 Å². The number of azo groups is 1. The lowest BCUT2D eigenvalue weighted by Gasteiger charge is -1.96. The highest BCUT2D eigenvalue weighted by Gasteiger charge is 2.00. The number of carbonyl (C=O) groups is 1. The number of hydrogen-bond acceptors (Lipinski definition) is 4. The number of para-hydroxylation sites is 1. The second-order valence-corrected chi connectivity index (χ2v) is 1.98. The molecule has 5 nitrogen and oxygen atoms in total. The molecule has 0 saturated carbocycles. The second-order valence-electron chi connectivity index (χ2n) is 1.98. The smallest absolute Gasteiger partial charge is 0.408 e. The van der Waals surface area contributed by atoms with Gasteiger partial charge < -0.3 is 4.74 Å². The third-order valence-corrected chi connectivity index (χ3v) is 1.12. The van der Waals surface area contributed by atoms with Crippen LogP contribution < -0.4 is 4.74 Å². The quantitative estimate of drug-likeness (QED) is 0.484. The number of hydrogen-bond donors (Lipinski definition) is 0. The molecule has 0 aromatic heterocycles. The molecule has 64 valence electrons. The Kier molecular flexibility index (Phi) is 3.15. The molecule has 1 rings (SSSR count). The molecule has 1 aromatic carbocycles. The molecule has 1 aromatic rings. The van der Waals surface area contributed by atoms with E-state index < -0.39 is 6.09 Å². The molecular weight excluding hydrogens is 170 g/mol. The molecule has 0 fully saturated rings. The fourth-order valence-electron chi connectivity index (χ4n) is 0.673. The van der Waals surface area contributed by atoms with Crippen LogP contribution in [0.3, 0.4) is 0 Å². The van der Waals surface area contributed by atoms with Crippen LogP contribution in [0.25, 0.3) is 0 Å². The summed E-state index contributed by atoms with van der Waals surface area (Å²) in [6.45, 7) is 0. The lowest BCUT2D eigenvalue weighted by molar-refractivity contribution is 0.209. The predicted molar refractivity (Wildman–Crippen MR) is 42.9 cm³/mol. The second kappa shape index (κ2) is 4.62. The first kappa shape index (κ1) is 8.87. The fourth-order valence-corrected chi connectivity index (χ4v) is 0.673. The first-order valence-corrected chi connectivity index (χ1v) is 3.39. The molecule has 0 aliphatic rings. The molecule has 0 N–H and O–H groups in total. The van der Waals surface area contributed by atoms with Gasteiger partial charge in [-0.05, 0) is 12.1 Å². The molecule has 0 bridgehead atoms. The summed E-state index contributed by atoms with van der Waals surface area (Å²) in [5.41, 5.74) is 0. The van der Waals surface area contributed by atoms with Crippen molar-refractivity contribution in [1.82, 2.24) is 0 Å². The Labute approximate surface area is 74.3 Å². The van der Waals surface area contributed by atoms with Crippen LogP contribution in [0.5, 0.6) is 5.75 Å². The Balaban J connectivity index is 2.57. The Morgan fingerprint density at radius 1 is 1.38 bits per heavy atom. The van der Waals surface area contributed by atoms with E-state index in [-0.39, 0.29) is 0 Å². The van der Waals surface area contributed by atoms with Gasteiger partial charge in [0.25, 0.3) is 0 Å². The van der Waals surface area contributed by atoms with Crippen LogP contribution in [-0.2, 0) is 0 Å². The lowest BCUT2D eigenvalue weighted by Crippen LogP contribution is -2.00. The van der Waals surface area contributed by atoms with Gasteiger partial charge in [-0.1, -0.05) is 28.4 Å². The summed E-state index contributed by atoms with van der Waals surface area (Å²) >= 11 is 0. The first-order valence-electron chi connectivity index (χ1n) is 3.39. The number of nitriles is 1. The lowest BCUT2D eigenvalue weighted by atomic mass is 10.3. The molecule has 0 aliphatic heterocycles. The van der Waals surface area contributed by atoms with Gasteiger partial charge in [0.05, 0.1) is 0 Å². The summed E-state index contributed by atoms with van der Waals surface area (Å²) in [6, 6.07) is 8.40. The van der Waals surface area contributed by atoms with Gasteiger partial charge >= 0.3 is 6.09 Å². The van der Waals surface area contributed by atoms with Gasteiger partial charge in [-0.3, -0.25) is 0 Å². The predicted octanol–water partition coefficient (Wildman–Crippen LogP) is 2.12. The van der Waals surface area contributed by atoms with Crippen molar-refractivity contribution >= 4 is 6.09 Å². The third kappa shape index (κ3) is 3.12. The molecule has 5 heteroatoms. The zero-order chi connectivity index (χ0) is 9.52. The van der Waals surface area contributed by atoms with E-state index in [9.17, 15) is 4.79 Å². The SMILES string of the molecule is N#CN=NC(=O)Oc1ccccc1. The molecule has 13 heavy (non-hydrogen) atoms. The van der Waals surface area contributed by atoms with Gasteiger partial charge in [0.15, 0.2) is 0 Å². The van der Waals surface area contributed by atoms with Crippen molar-refractivity contribution in [2.75, 3.05) is 0 Å². The Bertz CT molecular complexity index is 353. The molecule has 0 spiro atoms. The largest absolute Gasteiger partial charge is 0.458 e. The van der Waals surface area contributed by atoms with E-state index in [1.807, 2.05) is 0 Å². The maximum absolute atomic E-state index is 10.7. The highest BCUT2D eigenvalue weighted by Crippen LogP contribution is 2.08. The van der Waals surface area contributed by atoms with Gasteiger partial charge in [-0.15, -0.1) is 0 Å². The molecule has 0 unspecified atom stereocenters. The molecule has 0 radical (unpaired) electrons. The van der Waals surface area contributed by atoms with E-state index in [1.165, 1.54) is 6.19 Å². The highest BCUT2D eigenvalue weighted by molar-refractivity contribution is 5.70. The summed E-state index contributed by atoms with van der Waals surface area (Å²) in [7, 11) is 0. The van der Waals surface area contributed by atoms with Gasteiger partial charge in [0.1, 0.15) is 5.75 Å². The average molecular weight is 175 g/mol. The van der Waals surface area contributed by atoms with E-state index in [0.29, 0.717) is 5.75 Å². The van der Waals surface area contributed by atoms with Crippen molar-refractivity contribution in [3.63, 3.8) is 0 Å². The zero-order valence-electron chi connectivity index (χ0n) is 6.54. The van der Waals surface area contributed by atoms with Crippen LogP contribution in [-0.4, -0.2) is 6.09 Å². The average Bonchev–Trinajstić information content (AvgIpc) is 2.16. The van der Waals surface area contributed by atoms with Gasteiger partial charge in [0, 0.05) is 0 Å². The van der Waals surface area contributed by atoms with Crippen LogP contribution in [0.2, 0.25) is 0 Å². The maximum Gasteiger partial charge on any atom is 0.458 e. The minimum absolute atomic E-state index is 0.365. The van der Waals surface area contributed by atoms with Crippen LogP contribution >= 0.6 is 0 Å². The molecule has 0 heterocycles. The Morgan fingerprint density at radius 2 is 2.08 bits per heavy atom. The van der Waals surface area contributed by atoms with Crippen molar-refractivity contribution in [1.29, 1.82) is 5.26 Å². The van der Waals surface area contributed by atoms with Crippen molar-refractivity contribution in [2.24, 2.45) is 10.2 Å². The first-order chi connectivity index (χ1) is 6.33. The molecule has 0 atom stereocenters. The van der Waals surface area contributed by atoms with Crippen molar-refractivity contribution < 1.29 is 9.53 Å². The van der Waals surface area contributed by atoms with E-state index in [0.717, 1.165) is 0 Å². The summed E-state index contributed by atoms with van der Waals surface area (Å²) in [5, 5.41) is 13.7. The van der Waals surface area contributed by atoms with Crippen LogP contribution in [0.1, 0.15) is 0 Å². The van der Waals surface area contributed by atoms with Gasteiger partial charge in [-0.2, -0.15) is 5.26 Å². The Morgan fingerprint density at radius 3 is 2.69 bits per heavy atom. The summed E-state index contributed by atoms with van der Waals surface area (Å²) < 4.78 is 4.67. The normalized spacial score (nSPS) is 9.46. The minimum atomic E-state index is -0.909. The van der Waals surface area contributed by atoms with E-state index in [4.69, 9.17) is 5.26 Å². The third-order valence-electron chi connectivity index (χ3n) is 1.12. The number of amides is 1. The number of benzene rings is 1. The number of ether oxygens (including phenoxy) is 1. The number of rotatable bonds is 1. The number of carbonyl (C=O) groups excluding carboxylic acids is 1. The standard InChI is InChI=1S/C8H5N3O2/c9-6-10-11-8(12)13-7-4-2-1-3-5-7/h1-5H. The van der Waals surface area contributed by atoms with E-state index in [1.54, 1.807) is 30.3 Å². The Hall–Kier alpha value is -2.22. The monoisotopic (exact) mass is 175 g/mol. The molecule has 0 aliphatic carbocycles. The highest BCUT2D eigenvalue weighted by atomic mass is 16.5. The molecule has 1 amide bonds. The van der Waals surface area contributed by atoms with Crippen molar-refractivity contribution in [3.05, 3.63) is 30.3 Å². The van der Waals surface area contributed by atoms with Crippen LogP contribution in [0, 0.1) is 11.5 Å². The number of nitrogens with zero attached hydrogens (tertiary/aromatic N) is 3. The van der Waals surface area contributed by atoms with Gasteiger partial charge in [0.2, 0.25) is 6.19 Å². The van der Waals surface area contributed by atoms with Gasteiger partial charge in [-0.25, -0.2) is 4.79 Å².